The second kappa shape index (κ2) is 5.68. The average Bonchev–Trinajstić information content (AvgIpc) is 2.15. The highest BCUT2D eigenvalue weighted by Crippen LogP contribution is 2.19. The molecule has 0 atom stereocenters. The molecule has 4 nitrogen and oxygen atoms in total. The summed E-state index contributed by atoms with van der Waals surface area (Å²) in [6.45, 7) is 10.7. The Balaban J connectivity index is 2.87. The standard InChI is InChI=1S/C12H22N4/c1-9(2)7-16(8-10(3)4)12-11(13)14-5-6-15-12/h5-6,9-10H,7-8H2,1-4H3,(H2,13,14). The zero-order valence-electron chi connectivity index (χ0n) is 10.6. The monoisotopic (exact) mass is 222 g/mol. The minimum atomic E-state index is 0.517. The van der Waals surface area contributed by atoms with Crippen LogP contribution in [0.5, 0.6) is 0 Å². The molecule has 0 radical (unpaired) electrons. The number of hydrogen-bond acceptors (Lipinski definition) is 4. The van der Waals surface area contributed by atoms with Crippen molar-refractivity contribution in [1.29, 1.82) is 0 Å². The lowest BCUT2D eigenvalue weighted by atomic mass is 10.1. The molecule has 1 rings (SSSR count). The van der Waals surface area contributed by atoms with Gasteiger partial charge in [-0.1, -0.05) is 27.7 Å². The van der Waals surface area contributed by atoms with Crippen molar-refractivity contribution in [1.82, 2.24) is 9.97 Å². The quantitative estimate of drug-likeness (QED) is 0.829. The number of nitrogens with two attached hydrogens (primary N) is 1. The molecule has 2 N–H and O–H groups in total. The predicted octanol–water partition coefficient (Wildman–Crippen LogP) is 2.18. The van der Waals surface area contributed by atoms with Crippen LogP contribution in [0.1, 0.15) is 27.7 Å². The van der Waals surface area contributed by atoms with E-state index < -0.39 is 0 Å². The number of anilines is 2. The van der Waals surface area contributed by atoms with Crippen molar-refractivity contribution < 1.29 is 0 Å². The Hall–Kier alpha value is -1.32. The van der Waals surface area contributed by atoms with Crippen molar-refractivity contribution in [2.45, 2.75) is 27.7 Å². The van der Waals surface area contributed by atoms with Gasteiger partial charge in [-0.25, -0.2) is 9.97 Å². The molecular weight excluding hydrogens is 200 g/mol. The second-order valence-electron chi connectivity index (χ2n) is 4.96. The Labute approximate surface area is 97.9 Å². The maximum absolute atomic E-state index is 5.86. The van der Waals surface area contributed by atoms with E-state index in [0.29, 0.717) is 17.7 Å². The van der Waals surface area contributed by atoms with Crippen LogP contribution in [0, 0.1) is 11.8 Å². The molecule has 1 aromatic rings. The first kappa shape index (κ1) is 12.7. The molecule has 0 aliphatic heterocycles. The largest absolute Gasteiger partial charge is 0.381 e. The number of hydrogen-bond donors (Lipinski definition) is 1. The van der Waals surface area contributed by atoms with Crippen LogP contribution in [0.15, 0.2) is 12.4 Å². The van der Waals surface area contributed by atoms with Gasteiger partial charge in [-0.05, 0) is 11.8 Å². The molecule has 0 fully saturated rings. The summed E-state index contributed by atoms with van der Waals surface area (Å²) in [5.41, 5.74) is 5.86. The molecule has 0 saturated carbocycles. The summed E-state index contributed by atoms with van der Waals surface area (Å²) < 4.78 is 0. The highest BCUT2D eigenvalue weighted by atomic mass is 15.2. The summed E-state index contributed by atoms with van der Waals surface area (Å²) in [5, 5.41) is 0. The van der Waals surface area contributed by atoms with Crippen molar-refractivity contribution in [3.8, 4) is 0 Å². The molecule has 0 aliphatic rings. The van der Waals surface area contributed by atoms with Crippen LogP contribution < -0.4 is 10.6 Å². The summed E-state index contributed by atoms with van der Waals surface area (Å²) >= 11 is 0. The molecule has 0 unspecified atom stereocenters. The van der Waals surface area contributed by atoms with E-state index in [1.54, 1.807) is 12.4 Å². The summed E-state index contributed by atoms with van der Waals surface area (Å²) in [5.74, 6) is 2.49. The normalized spacial score (nSPS) is 11.1. The third kappa shape index (κ3) is 3.68. The fourth-order valence-electron chi connectivity index (χ4n) is 1.71. The Morgan fingerprint density at radius 1 is 1.06 bits per heavy atom. The minimum absolute atomic E-state index is 0.517. The van der Waals surface area contributed by atoms with E-state index in [4.69, 9.17) is 5.73 Å². The lowest BCUT2D eigenvalue weighted by molar-refractivity contribution is 0.549. The molecule has 0 aliphatic carbocycles. The van der Waals surface area contributed by atoms with Gasteiger partial charge in [0.15, 0.2) is 11.6 Å². The zero-order valence-corrected chi connectivity index (χ0v) is 10.6. The van der Waals surface area contributed by atoms with Gasteiger partial charge < -0.3 is 10.6 Å². The molecule has 0 bridgehead atoms. The van der Waals surface area contributed by atoms with Crippen LogP contribution in [0.3, 0.4) is 0 Å². The molecule has 1 heterocycles. The summed E-state index contributed by atoms with van der Waals surface area (Å²) in [6.07, 6.45) is 3.32. The third-order valence-corrected chi connectivity index (χ3v) is 2.18. The van der Waals surface area contributed by atoms with Crippen LogP contribution in [0.2, 0.25) is 0 Å². The van der Waals surface area contributed by atoms with Gasteiger partial charge in [-0.2, -0.15) is 0 Å². The first-order chi connectivity index (χ1) is 7.50. The molecule has 1 aromatic heterocycles. The van der Waals surface area contributed by atoms with Crippen molar-refractivity contribution in [2.75, 3.05) is 23.7 Å². The van der Waals surface area contributed by atoms with E-state index in [-0.39, 0.29) is 0 Å². The molecular formula is C12H22N4. The van der Waals surface area contributed by atoms with E-state index in [9.17, 15) is 0 Å². The van der Waals surface area contributed by atoms with Gasteiger partial charge >= 0.3 is 0 Å². The summed E-state index contributed by atoms with van der Waals surface area (Å²) in [6, 6.07) is 0. The Morgan fingerprint density at radius 3 is 2.00 bits per heavy atom. The van der Waals surface area contributed by atoms with Crippen molar-refractivity contribution in [3.63, 3.8) is 0 Å². The van der Waals surface area contributed by atoms with Gasteiger partial charge in [0.1, 0.15) is 0 Å². The Kier molecular flexibility index (Phi) is 4.52. The number of nitrogens with zero attached hydrogens (tertiary/aromatic N) is 3. The smallest absolute Gasteiger partial charge is 0.171 e. The molecule has 0 saturated heterocycles. The molecule has 4 heteroatoms. The second-order valence-corrected chi connectivity index (χ2v) is 4.96. The fraction of sp³-hybridized carbons (Fsp3) is 0.667. The van der Waals surface area contributed by atoms with Gasteiger partial charge in [0.2, 0.25) is 0 Å². The lowest BCUT2D eigenvalue weighted by Crippen LogP contribution is -2.32. The topological polar surface area (TPSA) is 55.0 Å². The maximum atomic E-state index is 5.86. The first-order valence-corrected chi connectivity index (χ1v) is 5.82. The molecule has 0 spiro atoms. The van der Waals surface area contributed by atoms with E-state index in [0.717, 1.165) is 18.9 Å². The highest BCUT2D eigenvalue weighted by molar-refractivity contribution is 5.57. The Bertz CT molecular complexity index is 313. The molecule has 0 amide bonds. The molecule has 0 aromatic carbocycles. The first-order valence-electron chi connectivity index (χ1n) is 5.82. The third-order valence-electron chi connectivity index (χ3n) is 2.18. The summed E-state index contributed by atoms with van der Waals surface area (Å²) in [4.78, 5) is 10.6. The predicted molar refractivity (Wildman–Crippen MR) is 68.3 cm³/mol. The van der Waals surface area contributed by atoms with Gasteiger partial charge in [0.05, 0.1) is 0 Å². The van der Waals surface area contributed by atoms with Crippen molar-refractivity contribution in [2.24, 2.45) is 11.8 Å². The number of nitrogen functional groups attached to an aromatic ring is 1. The molecule has 16 heavy (non-hydrogen) atoms. The highest BCUT2D eigenvalue weighted by Gasteiger charge is 2.14. The fourth-order valence-corrected chi connectivity index (χ4v) is 1.71. The van der Waals surface area contributed by atoms with Crippen LogP contribution in [-0.2, 0) is 0 Å². The summed E-state index contributed by atoms with van der Waals surface area (Å²) in [7, 11) is 0. The average molecular weight is 222 g/mol. The van der Waals surface area contributed by atoms with Gasteiger partial charge in [-0.15, -0.1) is 0 Å². The van der Waals surface area contributed by atoms with E-state index >= 15 is 0 Å². The van der Waals surface area contributed by atoms with Crippen molar-refractivity contribution in [3.05, 3.63) is 12.4 Å². The SMILES string of the molecule is CC(C)CN(CC(C)C)c1nccnc1N. The van der Waals surface area contributed by atoms with Crippen LogP contribution >= 0.6 is 0 Å². The van der Waals surface area contributed by atoms with E-state index in [1.165, 1.54) is 0 Å². The Morgan fingerprint density at radius 2 is 1.56 bits per heavy atom. The van der Waals surface area contributed by atoms with Crippen LogP contribution in [0.25, 0.3) is 0 Å². The van der Waals surface area contributed by atoms with Gasteiger partial charge in [-0.3, -0.25) is 0 Å². The van der Waals surface area contributed by atoms with Crippen LogP contribution in [-0.4, -0.2) is 23.1 Å². The maximum Gasteiger partial charge on any atom is 0.171 e. The van der Waals surface area contributed by atoms with Gasteiger partial charge in [0, 0.05) is 25.5 Å². The van der Waals surface area contributed by atoms with E-state index in [2.05, 4.69) is 42.6 Å². The lowest BCUT2D eigenvalue weighted by Gasteiger charge is -2.27. The zero-order chi connectivity index (χ0) is 12.1. The number of rotatable bonds is 5. The minimum Gasteiger partial charge on any atom is -0.381 e. The number of aromatic nitrogens is 2. The van der Waals surface area contributed by atoms with Crippen LogP contribution in [0.4, 0.5) is 11.6 Å². The van der Waals surface area contributed by atoms with Gasteiger partial charge in [0.25, 0.3) is 0 Å². The van der Waals surface area contributed by atoms with Crippen molar-refractivity contribution >= 4 is 11.6 Å². The van der Waals surface area contributed by atoms with E-state index in [1.807, 2.05) is 0 Å². The molecule has 90 valence electrons.